The summed E-state index contributed by atoms with van der Waals surface area (Å²) in [7, 11) is 1.58. The highest BCUT2D eigenvalue weighted by molar-refractivity contribution is 8.00. The van der Waals surface area contributed by atoms with E-state index in [1.807, 2.05) is 48.5 Å². The van der Waals surface area contributed by atoms with Gasteiger partial charge < -0.3 is 20.7 Å². The van der Waals surface area contributed by atoms with Gasteiger partial charge in [0.25, 0.3) is 11.8 Å². The van der Waals surface area contributed by atoms with Crippen LogP contribution in [0.4, 0.5) is 10.7 Å². The smallest absolute Gasteiger partial charge is 0.272 e. The molecule has 0 spiro atoms. The van der Waals surface area contributed by atoms with E-state index in [9.17, 15) is 19.6 Å². The molecule has 0 saturated carbocycles. The summed E-state index contributed by atoms with van der Waals surface area (Å²) in [4.78, 5) is 43.1. The Balaban J connectivity index is 1.11. The van der Waals surface area contributed by atoms with Crippen LogP contribution in [-0.2, 0) is 22.4 Å². The summed E-state index contributed by atoms with van der Waals surface area (Å²) in [5.41, 5.74) is 5.28. The molecule has 0 saturated heterocycles. The topological polar surface area (TPSA) is 120 Å². The number of anilines is 2. The van der Waals surface area contributed by atoms with Gasteiger partial charge in [-0.05, 0) is 96.0 Å². The number of hydrogen-bond acceptors (Lipinski definition) is 7. The standard InChI is InChI=1S/C46H38N4O4S2/c1-54-36-23-20-30(21-24-36)26-40(49-43(51)33-16-9-4-10-17-33)44(52)48-35-18-11-19-37(28-35)55-42(32-14-7-3-8-15-32)45(53)50-46-39(29-47)38-25-22-34(27-41(38)56-46)31-12-5-2-6-13-31/h2-21,23-24,26,28,34,42H,22,25,27H2,1H3,(H,48,52)(H,49,51)(H,50,53)/b40-26+. The minimum absolute atomic E-state index is 0.0469. The molecule has 0 bridgehead atoms. The summed E-state index contributed by atoms with van der Waals surface area (Å²) in [5, 5.41) is 19.0. The second-order valence-corrected chi connectivity index (χ2v) is 15.5. The SMILES string of the molecule is COc1ccc(/C=C(/NC(=O)c2ccccc2)C(=O)Nc2cccc(SC(C(=O)Nc3sc4c(c3C#N)CCC(c3ccccc3)C4)c3ccccc3)c2)cc1. The van der Waals surface area contributed by atoms with Crippen LogP contribution >= 0.6 is 23.1 Å². The molecule has 5 aromatic carbocycles. The molecule has 1 heterocycles. The van der Waals surface area contributed by atoms with E-state index < -0.39 is 17.1 Å². The van der Waals surface area contributed by atoms with Gasteiger partial charge >= 0.3 is 0 Å². The number of carbonyl (C=O) groups is 3. The summed E-state index contributed by atoms with van der Waals surface area (Å²) < 4.78 is 5.27. The first kappa shape index (κ1) is 37.9. The number of thioether (sulfide) groups is 1. The van der Waals surface area contributed by atoms with Gasteiger partial charge in [0.15, 0.2) is 0 Å². The van der Waals surface area contributed by atoms with Gasteiger partial charge in [0.05, 0.1) is 12.7 Å². The first-order valence-corrected chi connectivity index (χ1v) is 19.8. The molecule has 0 aliphatic heterocycles. The molecule has 10 heteroatoms. The first-order chi connectivity index (χ1) is 27.4. The van der Waals surface area contributed by atoms with Crippen LogP contribution in [0, 0.1) is 11.3 Å². The fraction of sp³-hybridized carbons (Fsp3) is 0.130. The van der Waals surface area contributed by atoms with Gasteiger partial charge in [-0.15, -0.1) is 23.1 Å². The van der Waals surface area contributed by atoms with E-state index in [0.29, 0.717) is 39.0 Å². The minimum Gasteiger partial charge on any atom is -0.497 e. The number of thiophene rings is 1. The number of methoxy groups -OCH3 is 1. The molecule has 2 atom stereocenters. The van der Waals surface area contributed by atoms with Gasteiger partial charge in [0.1, 0.15) is 27.8 Å². The molecule has 3 amide bonds. The molecule has 1 aliphatic carbocycles. The van der Waals surface area contributed by atoms with Crippen molar-refractivity contribution in [3.63, 3.8) is 0 Å². The van der Waals surface area contributed by atoms with Gasteiger partial charge in [-0.2, -0.15) is 5.26 Å². The summed E-state index contributed by atoms with van der Waals surface area (Å²) in [6.45, 7) is 0. The highest BCUT2D eigenvalue weighted by Gasteiger charge is 2.29. The second-order valence-electron chi connectivity index (χ2n) is 13.2. The minimum atomic E-state index is -0.666. The maximum atomic E-state index is 14.2. The van der Waals surface area contributed by atoms with Crippen molar-refractivity contribution in [1.29, 1.82) is 5.26 Å². The van der Waals surface area contributed by atoms with Crippen molar-refractivity contribution in [2.75, 3.05) is 17.7 Å². The van der Waals surface area contributed by atoms with Crippen molar-refractivity contribution in [2.45, 2.75) is 35.3 Å². The molecule has 56 heavy (non-hydrogen) atoms. The number of rotatable bonds is 12. The molecular weight excluding hydrogens is 737 g/mol. The predicted molar refractivity (Wildman–Crippen MR) is 224 cm³/mol. The van der Waals surface area contributed by atoms with Gasteiger partial charge in [-0.1, -0.05) is 97.1 Å². The van der Waals surface area contributed by atoms with Crippen molar-refractivity contribution < 1.29 is 19.1 Å². The summed E-state index contributed by atoms with van der Waals surface area (Å²) in [5.74, 6) is -0.172. The predicted octanol–water partition coefficient (Wildman–Crippen LogP) is 9.78. The van der Waals surface area contributed by atoms with Crippen LogP contribution < -0.4 is 20.7 Å². The van der Waals surface area contributed by atoms with Gasteiger partial charge in [-0.25, -0.2) is 0 Å². The van der Waals surface area contributed by atoms with Crippen molar-refractivity contribution in [2.24, 2.45) is 0 Å². The average Bonchev–Trinajstić information content (AvgIpc) is 3.59. The lowest BCUT2D eigenvalue weighted by atomic mass is 9.83. The van der Waals surface area contributed by atoms with Crippen molar-refractivity contribution in [3.8, 4) is 11.8 Å². The van der Waals surface area contributed by atoms with Crippen molar-refractivity contribution >= 4 is 57.6 Å². The quantitative estimate of drug-likeness (QED) is 0.0842. The van der Waals surface area contributed by atoms with E-state index in [0.717, 1.165) is 40.2 Å². The van der Waals surface area contributed by atoms with Crippen LogP contribution in [0.25, 0.3) is 6.08 Å². The Morgan fingerprint density at radius 3 is 2.25 bits per heavy atom. The molecule has 3 N–H and O–H groups in total. The van der Waals surface area contributed by atoms with Crippen molar-refractivity contribution in [3.05, 3.63) is 183 Å². The van der Waals surface area contributed by atoms with Crippen LogP contribution in [-0.4, -0.2) is 24.8 Å². The molecule has 0 fully saturated rings. The molecular formula is C46H38N4O4S2. The number of ether oxygens (including phenoxy) is 1. The maximum Gasteiger partial charge on any atom is 0.272 e. The molecule has 1 aliphatic rings. The van der Waals surface area contributed by atoms with E-state index in [-0.39, 0.29) is 11.6 Å². The van der Waals surface area contributed by atoms with E-state index in [4.69, 9.17) is 4.74 Å². The number of nitriles is 1. The third kappa shape index (κ3) is 9.09. The number of carbonyl (C=O) groups excluding carboxylic acids is 3. The Morgan fingerprint density at radius 1 is 0.857 bits per heavy atom. The summed E-state index contributed by atoms with van der Waals surface area (Å²) in [6.07, 6.45) is 4.16. The van der Waals surface area contributed by atoms with E-state index in [1.54, 1.807) is 79.9 Å². The highest BCUT2D eigenvalue weighted by atomic mass is 32.2. The number of nitrogens with one attached hydrogen (secondary N) is 3. The lowest BCUT2D eigenvalue weighted by Crippen LogP contribution is -2.30. The maximum absolute atomic E-state index is 14.2. The highest BCUT2D eigenvalue weighted by Crippen LogP contribution is 2.44. The van der Waals surface area contributed by atoms with Crippen molar-refractivity contribution in [1.82, 2.24) is 5.32 Å². The number of hydrogen-bond donors (Lipinski definition) is 3. The Kier molecular flexibility index (Phi) is 12.1. The molecule has 2 unspecified atom stereocenters. The Labute approximate surface area is 334 Å². The number of nitrogens with zero attached hydrogens (tertiary/aromatic N) is 1. The molecule has 1 aromatic heterocycles. The third-order valence-electron chi connectivity index (χ3n) is 9.53. The van der Waals surface area contributed by atoms with E-state index in [2.05, 4.69) is 46.3 Å². The lowest BCUT2D eigenvalue weighted by molar-refractivity contribution is -0.116. The zero-order valence-corrected chi connectivity index (χ0v) is 32.2. The third-order valence-corrected chi connectivity index (χ3v) is 11.9. The van der Waals surface area contributed by atoms with Crippen LogP contribution in [0.1, 0.15) is 60.6 Å². The normalized spacial score (nSPS) is 14.1. The molecule has 6 aromatic rings. The molecule has 278 valence electrons. The fourth-order valence-corrected chi connectivity index (χ4v) is 9.04. The zero-order chi connectivity index (χ0) is 38.9. The Morgan fingerprint density at radius 2 is 1.55 bits per heavy atom. The number of amides is 3. The Hall–Kier alpha value is -6.41. The van der Waals surface area contributed by atoms with Gasteiger partial charge in [0.2, 0.25) is 5.91 Å². The largest absolute Gasteiger partial charge is 0.497 e. The van der Waals surface area contributed by atoms with Gasteiger partial charge in [0, 0.05) is 21.0 Å². The van der Waals surface area contributed by atoms with Crippen LogP contribution in [0.5, 0.6) is 5.75 Å². The Bertz CT molecular complexity index is 2410. The molecule has 0 radical (unpaired) electrons. The summed E-state index contributed by atoms with van der Waals surface area (Å²) in [6, 6.07) is 45.3. The molecule has 8 nitrogen and oxygen atoms in total. The summed E-state index contributed by atoms with van der Waals surface area (Å²) >= 11 is 2.84. The van der Waals surface area contributed by atoms with Crippen LogP contribution in [0.15, 0.2) is 150 Å². The number of fused-ring (bicyclic) bond motifs is 1. The van der Waals surface area contributed by atoms with Gasteiger partial charge in [-0.3, -0.25) is 14.4 Å². The van der Waals surface area contributed by atoms with Crippen LogP contribution in [0.2, 0.25) is 0 Å². The molecule has 7 rings (SSSR count). The second kappa shape index (κ2) is 17.8. The zero-order valence-electron chi connectivity index (χ0n) is 30.5. The number of benzene rings is 5. The fourth-order valence-electron chi connectivity index (χ4n) is 6.67. The van der Waals surface area contributed by atoms with E-state index >= 15 is 0 Å². The monoisotopic (exact) mass is 774 g/mol. The van der Waals surface area contributed by atoms with E-state index in [1.165, 1.54) is 28.7 Å². The average molecular weight is 775 g/mol. The lowest BCUT2D eigenvalue weighted by Gasteiger charge is -2.22. The first-order valence-electron chi connectivity index (χ1n) is 18.1. The van der Waals surface area contributed by atoms with Crippen LogP contribution in [0.3, 0.4) is 0 Å².